The normalized spacial score (nSPS) is 13.6. The van der Waals surface area contributed by atoms with Crippen molar-refractivity contribution in [1.82, 2.24) is 15.0 Å². The number of carbonyl (C=O) groups is 1. The Bertz CT molecular complexity index is 891. The predicted octanol–water partition coefficient (Wildman–Crippen LogP) is 3.00. The highest BCUT2D eigenvalue weighted by atomic mass is 19.1. The number of hydrogen-bond acceptors (Lipinski definition) is 3. The Labute approximate surface area is 138 Å². The van der Waals surface area contributed by atoms with Crippen molar-refractivity contribution in [2.45, 2.75) is 12.8 Å². The molecule has 4 rings (SSSR count). The molecule has 1 aliphatic heterocycles. The van der Waals surface area contributed by atoms with Gasteiger partial charge < -0.3 is 4.90 Å². The number of para-hydroxylation sites is 2. The molecule has 5 nitrogen and oxygen atoms in total. The SMILES string of the molecule is O=C(c1cnn(-c2ccccc2)n1)N1CCCc2cccc(F)c21. The first kappa shape index (κ1) is 14.6. The molecule has 2 heterocycles. The zero-order valence-electron chi connectivity index (χ0n) is 12.9. The Balaban J connectivity index is 1.68. The molecular formula is C18H15FN4O. The fourth-order valence-corrected chi connectivity index (χ4v) is 2.99. The van der Waals surface area contributed by atoms with Gasteiger partial charge in [0.1, 0.15) is 5.82 Å². The molecule has 2 aromatic carbocycles. The highest BCUT2D eigenvalue weighted by Gasteiger charge is 2.28. The molecule has 120 valence electrons. The molecule has 0 atom stereocenters. The van der Waals surface area contributed by atoms with E-state index in [1.165, 1.54) is 22.0 Å². The van der Waals surface area contributed by atoms with E-state index < -0.39 is 0 Å². The summed E-state index contributed by atoms with van der Waals surface area (Å²) in [7, 11) is 0. The zero-order valence-corrected chi connectivity index (χ0v) is 12.9. The van der Waals surface area contributed by atoms with Crippen molar-refractivity contribution in [2.75, 3.05) is 11.4 Å². The van der Waals surface area contributed by atoms with E-state index in [0.29, 0.717) is 12.2 Å². The van der Waals surface area contributed by atoms with Crippen LogP contribution in [0.3, 0.4) is 0 Å². The van der Waals surface area contributed by atoms with Crippen LogP contribution in [0, 0.1) is 5.82 Å². The number of anilines is 1. The predicted molar refractivity (Wildman–Crippen MR) is 87.8 cm³/mol. The van der Waals surface area contributed by atoms with Crippen LogP contribution >= 0.6 is 0 Å². The Morgan fingerprint density at radius 3 is 2.75 bits per heavy atom. The number of aryl methyl sites for hydroxylation is 1. The maximum Gasteiger partial charge on any atom is 0.280 e. The maximum absolute atomic E-state index is 14.2. The third kappa shape index (κ3) is 2.46. The number of rotatable bonds is 2. The van der Waals surface area contributed by atoms with Crippen LogP contribution in [0.2, 0.25) is 0 Å². The Hall–Kier alpha value is -3.02. The fourth-order valence-electron chi connectivity index (χ4n) is 2.99. The van der Waals surface area contributed by atoms with Gasteiger partial charge in [-0.05, 0) is 36.6 Å². The van der Waals surface area contributed by atoms with E-state index in [0.717, 1.165) is 24.1 Å². The van der Waals surface area contributed by atoms with Crippen LogP contribution in [-0.2, 0) is 6.42 Å². The van der Waals surface area contributed by atoms with Crippen LogP contribution in [0.4, 0.5) is 10.1 Å². The van der Waals surface area contributed by atoms with Gasteiger partial charge in [-0.2, -0.15) is 9.90 Å². The molecule has 0 N–H and O–H groups in total. The second-order valence-electron chi connectivity index (χ2n) is 5.66. The number of aromatic nitrogens is 3. The van der Waals surface area contributed by atoms with Crippen molar-refractivity contribution in [3.05, 3.63) is 71.8 Å². The average molecular weight is 322 g/mol. The lowest BCUT2D eigenvalue weighted by molar-refractivity contribution is 0.0979. The molecule has 24 heavy (non-hydrogen) atoms. The summed E-state index contributed by atoms with van der Waals surface area (Å²) in [6, 6.07) is 14.3. The van der Waals surface area contributed by atoms with E-state index in [2.05, 4.69) is 10.2 Å². The molecule has 1 amide bonds. The average Bonchev–Trinajstić information content (AvgIpc) is 3.12. The topological polar surface area (TPSA) is 51.0 Å². The third-order valence-electron chi connectivity index (χ3n) is 4.11. The highest BCUT2D eigenvalue weighted by molar-refractivity contribution is 6.05. The lowest BCUT2D eigenvalue weighted by Crippen LogP contribution is -2.36. The number of halogens is 1. The first-order chi connectivity index (χ1) is 11.7. The van der Waals surface area contributed by atoms with Crippen molar-refractivity contribution in [2.24, 2.45) is 0 Å². The summed E-state index contributed by atoms with van der Waals surface area (Å²) in [6.07, 6.45) is 2.99. The standard InChI is InChI=1S/C18H15FN4O/c19-15-10-4-6-13-7-5-11-22(17(13)15)18(24)16-12-20-23(21-16)14-8-2-1-3-9-14/h1-4,6,8-10,12H,5,7,11H2. The number of fused-ring (bicyclic) bond motifs is 1. The number of hydrogen-bond donors (Lipinski definition) is 0. The first-order valence-corrected chi connectivity index (χ1v) is 7.81. The molecule has 6 heteroatoms. The number of carbonyl (C=O) groups excluding carboxylic acids is 1. The zero-order chi connectivity index (χ0) is 16.5. The number of benzene rings is 2. The van der Waals surface area contributed by atoms with Crippen molar-refractivity contribution in [3.63, 3.8) is 0 Å². The minimum Gasteiger partial charge on any atom is -0.304 e. The van der Waals surface area contributed by atoms with E-state index in [1.807, 2.05) is 36.4 Å². The van der Waals surface area contributed by atoms with Gasteiger partial charge in [0.05, 0.1) is 17.6 Å². The van der Waals surface area contributed by atoms with Gasteiger partial charge in [-0.3, -0.25) is 4.79 Å². The second kappa shape index (κ2) is 5.88. The molecule has 0 saturated carbocycles. The molecule has 0 fully saturated rings. The van der Waals surface area contributed by atoms with Gasteiger partial charge >= 0.3 is 0 Å². The van der Waals surface area contributed by atoms with Crippen LogP contribution in [-0.4, -0.2) is 27.4 Å². The molecular weight excluding hydrogens is 307 g/mol. The van der Waals surface area contributed by atoms with Gasteiger partial charge in [0.2, 0.25) is 0 Å². The summed E-state index contributed by atoms with van der Waals surface area (Å²) in [5, 5.41) is 8.40. The summed E-state index contributed by atoms with van der Waals surface area (Å²) < 4.78 is 14.2. The quantitative estimate of drug-likeness (QED) is 0.729. The Kier molecular flexibility index (Phi) is 3.57. The first-order valence-electron chi connectivity index (χ1n) is 7.81. The van der Waals surface area contributed by atoms with Gasteiger partial charge in [-0.1, -0.05) is 30.3 Å². The van der Waals surface area contributed by atoms with Gasteiger partial charge in [-0.15, -0.1) is 5.10 Å². The van der Waals surface area contributed by atoms with Gasteiger partial charge in [0.25, 0.3) is 5.91 Å². The molecule has 0 aliphatic carbocycles. The van der Waals surface area contributed by atoms with Gasteiger partial charge in [-0.25, -0.2) is 4.39 Å². The minimum atomic E-state index is -0.379. The van der Waals surface area contributed by atoms with Crippen LogP contribution in [0.15, 0.2) is 54.7 Å². The van der Waals surface area contributed by atoms with E-state index in [1.54, 1.807) is 6.07 Å². The van der Waals surface area contributed by atoms with E-state index in [-0.39, 0.29) is 17.4 Å². The smallest absolute Gasteiger partial charge is 0.280 e. The van der Waals surface area contributed by atoms with E-state index in [9.17, 15) is 9.18 Å². The Morgan fingerprint density at radius 2 is 1.92 bits per heavy atom. The summed E-state index contributed by atoms with van der Waals surface area (Å²) in [5.41, 5.74) is 2.18. The number of amides is 1. The second-order valence-corrected chi connectivity index (χ2v) is 5.66. The molecule has 0 radical (unpaired) electrons. The molecule has 0 saturated heterocycles. The minimum absolute atomic E-state index is 0.204. The van der Waals surface area contributed by atoms with Crippen LogP contribution in [0.1, 0.15) is 22.5 Å². The van der Waals surface area contributed by atoms with Crippen LogP contribution < -0.4 is 4.90 Å². The van der Waals surface area contributed by atoms with Crippen LogP contribution in [0.5, 0.6) is 0 Å². The lowest BCUT2D eigenvalue weighted by atomic mass is 10.0. The summed E-state index contributed by atoms with van der Waals surface area (Å²) in [6.45, 7) is 0.477. The largest absolute Gasteiger partial charge is 0.304 e. The molecule has 1 aliphatic rings. The molecule has 3 aromatic rings. The van der Waals surface area contributed by atoms with Crippen molar-refractivity contribution < 1.29 is 9.18 Å². The summed E-state index contributed by atoms with van der Waals surface area (Å²) in [5.74, 6) is -0.709. The third-order valence-corrected chi connectivity index (χ3v) is 4.11. The Morgan fingerprint density at radius 1 is 1.08 bits per heavy atom. The van der Waals surface area contributed by atoms with Crippen LogP contribution in [0.25, 0.3) is 5.69 Å². The van der Waals surface area contributed by atoms with Crippen molar-refractivity contribution in [3.8, 4) is 5.69 Å². The summed E-state index contributed by atoms with van der Waals surface area (Å²) in [4.78, 5) is 15.7. The maximum atomic E-state index is 14.2. The molecule has 1 aromatic heterocycles. The van der Waals surface area contributed by atoms with Crippen molar-refractivity contribution in [1.29, 1.82) is 0 Å². The van der Waals surface area contributed by atoms with E-state index >= 15 is 0 Å². The summed E-state index contributed by atoms with van der Waals surface area (Å²) >= 11 is 0. The molecule has 0 spiro atoms. The molecule has 0 unspecified atom stereocenters. The lowest BCUT2D eigenvalue weighted by Gasteiger charge is -2.29. The fraction of sp³-hybridized carbons (Fsp3) is 0.167. The highest BCUT2D eigenvalue weighted by Crippen LogP contribution is 2.30. The monoisotopic (exact) mass is 322 g/mol. The number of nitrogens with zero attached hydrogens (tertiary/aromatic N) is 4. The van der Waals surface area contributed by atoms with Crippen molar-refractivity contribution >= 4 is 11.6 Å². The van der Waals surface area contributed by atoms with Gasteiger partial charge in [0.15, 0.2) is 5.69 Å². The van der Waals surface area contributed by atoms with E-state index in [4.69, 9.17) is 0 Å². The van der Waals surface area contributed by atoms with Gasteiger partial charge in [0, 0.05) is 6.54 Å². The molecule has 0 bridgehead atoms.